The molecule has 1 aromatic heterocycles. The highest BCUT2D eigenvalue weighted by atomic mass is 35.5. The SMILES string of the molecule is Cc1cc(-c2nc3ccccc3s2)ccc1N.Cl.N[C@@H](CO)C(=O)O. The van der Waals surface area contributed by atoms with Crippen LogP contribution in [0.2, 0.25) is 0 Å². The molecular weight excluding hydrogens is 362 g/mol. The number of hydrogen-bond acceptors (Lipinski definition) is 6. The molecule has 2 aromatic carbocycles. The molecule has 8 heteroatoms. The third kappa shape index (κ3) is 5.40. The van der Waals surface area contributed by atoms with Crippen LogP contribution in [0.25, 0.3) is 20.8 Å². The number of halogens is 1. The number of anilines is 1. The molecule has 1 heterocycles. The molecule has 0 unspecified atom stereocenters. The van der Waals surface area contributed by atoms with Crippen LogP contribution in [0, 0.1) is 6.92 Å². The van der Waals surface area contributed by atoms with Crippen LogP contribution in [-0.2, 0) is 4.79 Å². The predicted octanol–water partition coefficient (Wildman–Crippen LogP) is 2.67. The Kier molecular flexibility index (Phi) is 7.79. The minimum absolute atomic E-state index is 0. The number of carboxylic acid groups (broad SMARTS) is 1. The minimum atomic E-state index is -1.18. The number of fused-ring (bicyclic) bond motifs is 1. The lowest BCUT2D eigenvalue weighted by Crippen LogP contribution is -2.33. The van der Waals surface area contributed by atoms with Crippen LogP contribution in [0.15, 0.2) is 42.5 Å². The van der Waals surface area contributed by atoms with Gasteiger partial charge in [0.15, 0.2) is 0 Å². The fourth-order valence-electron chi connectivity index (χ4n) is 1.88. The molecule has 3 rings (SSSR count). The molecule has 0 amide bonds. The first-order valence-electron chi connectivity index (χ1n) is 7.23. The molecule has 0 aliphatic heterocycles. The van der Waals surface area contributed by atoms with Crippen molar-refractivity contribution in [3.8, 4) is 10.6 Å². The molecule has 0 aliphatic carbocycles. The van der Waals surface area contributed by atoms with Gasteiger partial charge in [0.1, 0.15) is 11.0 Å². The molecular formula is C17H20ClN3O3S. The number of nitrogens with zero attached hydrogens (tertiary/aromatic N) is 1. The van der Waals surface area contributed by atoms with Gasteiger partial charge < -0.3 is 21.7 Å². The van der Waals surface area contributed by atoms with Gasteiger partial charge in [-0.1, -0.05) is 12.1 Å². The Morgan fingerprint density at radius 1 is 1.28 bits per heavy atom. The Balaban J connectivity index is 0.000000339. The van der Waals surface area contributed by atoms with Crippen LogP contribution >= 0.6 is 23.7 Å². The fraction of sp³-hybridized carbons (Fsp3) is 0.176. The number of para-hydroxylation sites is 1. The molecule has 0 radical (unpaired) electrons. The van der Waals surface area contributed by atoms with E-state index < -0.39 is 18.6 Å². The van der Waals surface area contributed by atoms with E-state index in [9.17, 15) is 4.79 Å². The van der Waals surface area contributed by atoms with E-state index >= 15 is 0 Å². The quantitative estimate of drug-likeness (QED) is 0.517. The zero-order valence-corrected chi connectivity index (χ0v) is 15.2. The van der Waals surface area contributed by atoms with Crippen molar-refractivity contribution in [2.75, 3.05) is 12.3 Å². The number of aliphatic carboxylic acids is 1. The van der Waals surface area contributed by atoms with E-state index in [1.165, 1.54) is 4.70 Å². The van der Waals surface area contributed by atoms with Crippen molar-refractivity contribution in [3.63, 3.8) is 0 Å². The van der Waals surface area contributed by atoms with Crippen molar-refractivity contribution < 1.29 is 15.0 Å². The zero-order valence-electron chi connectivity index (χ0n) is 13.5. The van der Waals surface area contributed by atoms with Gasteiger partial charge in [-0.05, 0) is 42.8 Å². The van der Waals surface area contributed by atoms with Gasteiger partial charge in [-0.3, -0.25) is 4.79 Å². The van der Waals surface area contributed by atoms with Crippen LogP contribution in [0.1, 0.15) is 5.56 Å². The Morgan fingerprint density at radius 2 is 1.96 bits per heavy atom. The molecule has 1 atom stereocenters. The Morgan fingerprint density at radius 3 is 2.48 bits per heavy atom. The number of aromatic nitrogens is 1. The van der Waals surface area contributed by atoms with Crippen LogP contribution in [0.3, 0.4) is 0 Å². The van der Waals surface area contributed by atoms with E-state index in [2.05, 4.69) is 17.1 Å². The summed E-state index contributed by atoms with van der Waals surface area (Å²) in [5.74, 6) is -1.18. The second-order valence-electron chi connectivity index (χ2n) is 5.19. The monoisotopic (exact) mass is 381 g/mol. The summed E-state index contributed by atoms with van der Waals surface area (Å²) in [4.78, 5) is 14.3. The normalized spacial score (nSPS) is 11.2. The van der Waals surface area contributed by atoms with Crippen LogP contribution in [0.5, 0.6) is 0 Å². The highest BCUT2D eigenvalue weighted by Gasteiger charge is 2.07. The van der Waals surface area contributed by atoms with Gasteiger partial charge in [0.05, 0.1) is 16.8 Å². The number of aliphatic hydroxyl groups is 1. The lowest BCUT2D eigenvalue weighted by molar-refractivity contribution is -0.139. The fourth-order valence-corrected chi connectivity index (χ4v) is 2.84. The van der Waals surface area contributed by atoms with E-state index in [4.69, 9.17) is 21.7 Å². The summed E-state index contributed by atoms with van der Waals surface area (Å²) in [7, 11) is 0. The van der Waals surface area contributed by atoms with E-state index in [1.807, 2.05) is 37.3 Å². The molecule has 134 valence electrons. The van der Waals surface area contributed by atoms with Crippen molar-refractivity contribution >= 4 is 45.6 Å². The summed E-state index contributed by atoms with van der Waals surface area (Å²) < 4.78 is 1.22. The maximum absolute atomic E-state index is 9.65. The number of rotatable bonds is 3. The lowest BCUT2D eigenvalue weighted by atomic mass is 10.1. The summed E-state index contributed by atoms with van der Waals surface area (Å²) in [6.45, 7) is 1.52. The van der Waals surface area contributed by atoms with Gasteiger partial charge in [-0.25, -0.2) is 4.98 Å². The molecule has 0 saturated carbocycles. The maximum atomic E-state index is 9.65. The molecule has 0 spiro atoms. The maximum Gasteiger partial charge on any atom is 0.322 e. The smallest absolute Gasteiger partial charge is 0.322 e. The second kappa shape index (κ2) is 9.33. The van der Waals surface area contributed by atoms with Gasteiger partial charge in [0.2, 0.25) is 0 Å². The average Bonchev–Trinajstić information content (AvgIpc) is 3.01. The minimum Gasteiger partial charge on any atom is -0.480 e. The summed E-state index contributed by atoms with van der Waals surface area (Å²) in [5.41, 5.74) is 14.7. The van der Waals surface area contributed by atoms with E-state index in [0.29, 0.717) is 0 Å². The first-order chi connectivity index (χ1) is 11.4. The first kappa shape index (κ1) is 20.9. The Hall–Kier alpha value is -2.19. The zero-order chi connectivity index (χ0) is 17.7. The van der Waals surface area contributed by atoms with Gasteiger partial charge in [-0.15, -0.1) is 23.7 Å². The molecule has 3 aromatic rings. The average molecular weight is 382 g/mol. The number of aryl methyl sites for hydroxylation is 1. The standard InChI is InChI=1S/C14H12N2S.C3H7NO3.ClH/c1-9-8-10(6-7-11(9)15)14-16-12-4-2-3-5-13(12)17-14;4-2(1-5)3(6)7;/h2-8H,15H2,1H3;2,5H,1,4H2,(H,6,7);1H/t;2-;/m.0./s1. The Labute approximate surface area is 155 Å². The second-order valence-corrected chi connectivity index (χ2v) is 6.22. The van der Waals surface area contributed by atoms with E-state index in [0.717, 1.165) is 27.3 Å². The van der Waals surface area contributed by atoms with Crippen molar-refractivity contribution in [1.82, 2.24) is 4.98 Å². The van der Waals surface area contributed by atoms with Gasteiger partial charge in [0.25, 0.3) is 0 Å². The molecule has 0 aliphatic rings. The number of hydrogen-bond donors (Lipinski definition) is 4. The van der Waals surface area contributed by atoms with Crippen LogP contribution in [0.4, 0.5) is 5.69 Å². The highest BCUT2D eigenvalue weighted by Crippen LogP contribution is 2.31. The lowest BCUT2D eigenvalue weighted by Gasteiger charge is -2.01. The summed E-state index contributed by atoms with van der Waals surface area (Å²) in [6, 6.07) is 13.1. The number of benzene rings is 2. The molecule has 0 fully saturated rings. The molecule has 0 saturated heterocycles. The van der Waals surface area contributed by atoms with Gasteiger partial charge >= 0.3 is 5.97 Å². The van der Waals surface area contributed by atoms with Crippen molar-refractivity contribution in [2.24, 2.45) is 5.73 Å². The third-order valence-electron chi connectivity index (χ3n) is 3.32. The third-order valence-corrected chi connectivity index (χ3v) is 4.41. The number of aliphatic hydroxyl groups excluding tert-OH is 1. The number of nitrogen functional groups attached to an aromatic ring is 1. The van der Waals surface area contributed by atoms with Crippen molar-refractivity contribution in [3.05, 3.63) is 48.0 Å². The number of carbonyl (C=O) groups is 1. The van der Waals surface area contributed by atoms with Crippen LogP contribution < -0.4 is 11.5 Å². The summed E-state index contributed by atoms with van der Waals surface area (Å²) in [6.07, 6.45) is 0. The van der Waals surface area contributed by atoms with Gasteiger partial charge in [0, 0.05) is 11.3 Å². The molecule has 6 nitrogen and oxygen atoms in total. The largest absolute Gasteiger partial charge is 0.480 e. The van der Waals surface area contributed by atoms with Crippen molar-refractivity contribution in [2.45, 2.75) is 13.0 Å². The van der Waals surface area contributed by atoms with Gasteiger partial charge in [-0.2, -0.15) is 0 Å². The van der Waals surface area contributed by atoms with E-state index in [-0.39, 0.29) is 12.4 Å². The van der Waals surface area contributed by atoms with Crippen molar-refractivity contribution in [1.29, 1.82) is 0 Å². The number of thiazole rings is 1. The first-order valence-corrected chi connectivity index (χ1v) is 8.05. The number of carboxylic acids is 1. The summed E-state index contributed by atoms with van der Waals surface area (Å²) >= 11 is 1.71. The topological polar surface area (TPSA) is 122 Å². The molecule has 25 heavy (non-hydrogen) atoms. The molecule has 6 N–H and O–H groups in total. The number of nitrogens with two attached hydrogens (primary N) is 2. The predicted molar refractivity (Wildman–Crippen MR) is 104 cm³/mol. The summed E-state index contributed by atoms with van der Waals surface area (Å²) in [5, 5.41) is 16.9. The Bertz CT molecular complexity index is 821. The van der Waals surface area contributed by atoms with E-state index in [1.54, 1.807) is 11.3 Å². The molecule has 0 bridgehead atoms. The van der Waals surface area contributed by atoms with Crippen LogP contribution in [-0.4, -0.2) is 33.8 Å². The highest BCUT2D eigenvalue weighted by molar-refractivity contribution is 7.21.